The lowest BCUT2D eigenvalue weighted by Crippen LogP contribution is -2.41. The zero-order valence-electron chi connectivity index (χ0n) is 16.8. The van der Waals surface area contributed by atoms with Crippen molar-refractivity contribution in [1.82, 2.24) is 4.98 Å². The number of allylic oxidation sites excluding steroid dienone is 1. The highest BCUT2D eigenvalue weighted by molar-refractivity contribution is 6.63. The van der Waals surface area contributed by atoms with Crippen LogP contribution >= 0.6 is 0 Å². The van der Waals surface area contributed by atoms with E-state index in [0.717, 1.165) is 46.3 Å². The first-order valence-electron chi connectivity index (χ1n) is 9.89. The molecule has 0 N–H and O–H groups in total. The molecule has 0 amide bonds. The summed E-state index contributed by atoms with van der Waals surface area (Å²) in [6, 6.07) is 10.2. The average molecular weight is 373 g/mol. The van der Waals surface area contributed by atoms with Gasteiger partial charge in [0.25, 0.3) is 0 Å². The zero-order valence-corrected chi connectivity index (χ0v) is 16.8. The van der Waals surface area contributed by atoms with Gasteiger partial charge in [-0.15, -0.1) is 0 Å². The number of rotatable bonds is 2. The molecule has 4 nitrogen and oxygen atoms in total. The van der Waals surface area contributed by atoms with Crippen molar-refractivity contribution < 1.29 is 13.7 Å². The molecular weight excluding hydrogens is 349 g/mol. The summed E-state index contributed by atoms with van der Waals surface area (Å²) in [4.78, 5) is 4.74. The van der Waals surface area contributed by atoms with Crippen LogP contribution in [0.25, 0.3) is 28.3 Å². The lowest BCUT2D eigenvalue weighted by molar-refractivity contribution is 0.00578. The van der Waals surface area contributed by atoms with Crippen molar-refractivity contribution in [3.63, 3.8) is 0 Å². The van der Waals surface area contributed by atoms with Gasteiger partial charge in [0.15, 0.2) is 0 Å². The molecule has 1 fully saturated rings. The maximum absolute atomic E-state index is 6.32. The van der Waals surface area contributed by atoms with Gasteiger partial charge in [-0.3, -0.25) is 4.98 Å². The van der Waals surface area contributed by atoms with E-state index in [2.05, 4.69) is 45.9 Å². The van der Waals surface area contributed by atoms with Crippen molar-refractivity contribution in [2.45, 2.75) is 51.7 Å². The van der Waals surface area contributed by atoms with Crippen LogP contribution in [0.1, 0.15) is 45.4 Å². The molecule has 142 valence electrons. The molecule has 0 spiro atoms. The SMILES string of the molecule is CC1(C)OB(c2cccnc2-c2cccc3oc4c(c23)C=CCC4)OC1(C)C. The standard InChI is InChI=1S/C23H24BNO3/c1-22(2)23(3,4)28-24(27-22)17-11-8-14-25-21(17)16-10-7-13-19-20(16)15-9-5-6-12-18(15)26-19/h5,7-11,13-14H,6,12H2,1-4H3. The predicted octanol–water partition coefficient (Wildman–Crippen LogP) is 4.75. The molecule has 1 saturated heterocycles. The molecule has 2 aromatic heterocycles. The highest BCUT2D eigenvalue weighted by atomic mass is 16.7. The van der Waals surface area contributed by atoms with E-state index in [1.165, 1.54) is 5.56 Å². The summed E-state index contributed by atoms with van der Waals surface area (Å²) < 4.78 is 18.8. The molecule has 0 unspecified atom stereocenters. The Labute approximate surface area is 165 Å². The van der Waals surface area contributed by atoms with Gasteiger partial charge in [-0.05, 0) is 46.2 Å². The molecular formula is C23H24BNO3. The Hall–Kier alpha value is -2.37. The second kappa shape index (κ2) is 6.06. The van der Waals surface area contributed by atoms with Crippen LogP contribution in [0.5, 0.6) is 0 Å². The first-order valence-corrected chi connectivity index (χ1v) is 9.89. The number of hydrogen-bond acceptors (Lipinski definition) is 4. The molecule has 1 aliphatic heterocycles. The third kappa shape index (κ3) is 2.57. The van der Waals surface area contributed by atoms with E-state index < -0.39 is 18.3 Å². The van der Waals surface area contributed by atoms with Crippen LogP contribution in [0.3, 0.4) is 0 Å². The topological polar surface area (TPSA) is 44.5 Å². The largest absolute Gasteiger partial charge is 0.497 e. The second-order valence-corrected chi connectivity index (χ2v) is 8.59. The van der Waals surface area contributed by atoms with Crippen LogP contribution in [-0.2, 0) is 15.7 Å². The molecule has 1 aromatic carbocycles. The van der Waals surface area contributed by atoms with Crippen LogP contribution in [0.4, 0.5) is 0 Å². The van der Waals surface area contributed by atoms with Gasteiger partial charge < -0.3 is 13.7 Å². The molecule has 5 rings (SSSR count). The van der Waals surface area contributed by atoms with Gasteiger partial charge in [0.2, 0.25) is 0 Å². The van der Waals surface area contributed by atoms with Gasteiger partial charge in [-0.25, -0.2) is 0 Å². The lowest BCUT2D eigenvalue weighted by atomic mass is 9.76. The molecule has 0 saturated carbocycles. The van der Waals surface area contributed by atoms with E-state index in [1.807, 2.05) is 30.5 Å². The first kappa shape index (κ1) is 17.7. The highest BCUT2D eigenvalue weighted by Gasteiger charge is 2.52. The van der Waals surface area contributed by atoms with E-state index in [9.17, 15) is 0 Å². The fourth-order valence-electron chi connectivity index (χ4n) is 4.00. The maximum Gasteiger partial charge on any atom is 0.497 e. The average Bonchev–Trinajstić information content (AvgIpc) is 3.15. The Morgan fingerprint density at radius 2 is 1.79 bits per heavy atom. The van der Waals surface area contributed by atoms with Crippen molar-refractivity contribution in [1.29, 1.82) is 0 Å². The summed E-state index contributed by atoms with van der Waals surface area (Å²) in [5.41, 5.74) is 4.17. The minimum Gasteiger partial charge on any atom is -0.460 e. The van der Waals surface area contributed by atoms with Crippen LogP contribution in [0.15, 0.2) is 47.0 Å². The van der Waals surface area contributed by atoms with Crippen LogP contribution in [-0.4, -0.2) is 23.3 Å². The maximum atomic E-state index is 6.32. The van der Waals surface area contributed by atoms with Gasteiger partial charge in [-0.1, -0.05) is 30.4 Å². The molecule has 2 aliphatic rings. The van der Waals surface area contributed by atoms with Crippen LogP contribution in [0.2, 0.25) is 0 Å². The van der Waals surface area contributed by atoms with Crippen molar-refractivity contribution in [3.8, 4) is 11.3 Å². The van der Waals surface area contributed by atoms with Crippen molar-refractivity contribution in [3.05, 3.63) is 53.9 Å². The second-order valence-electron chi connectivity index (χ2n) is 8.59. The Balaban J connectivity index is 1.69. The smallest absolute Gasteiger partial charge is 0.460 e. The number of fused-ring (bicyclic) bond motifs is 3. The highest BCUT2D eigenvalue weighted by Crippen LogP contribution is 2.39. The number of aryl methyl sites for hydroxylation is 1. The summed E-state index contributed by atoms with van der Waals surface area (Å²) in [7, 11) is -0.456. The van der Waals surface area contributed by atoms with Crippen molar-refractivity contribution in [2.75, 3.05) is 0 Å². The van der Waals surface area contributed by atoms with E-state index in [4.69, 9.17) is 18.7 Å². The monoisotopic (exact) mass is 373 g/mol. The zero-order chi connectivity index (χ0) is 19.5. The van der Waals surface area contributed by atoms with Gasteiger partial charge >= 0.3 is 7.12 Å². The van der Waals surface area contributed by atoms with E-state index >= 15 is 0 Å². The number of hydrogen-bond donors (Lipinski definition) is 0. The molecule has 5 heteroatoms. The minimum atomic E-state index is -0.456. The molecule has 3 heterocycles. The molecule has 3 aromatic rings. The lowest BCUT2D eigenvalue weighted by Gasteiger charge is -2.32. The quantitative estimate of drug-likeness (QED) is 0.608. The number of aromatic nitrogens is 1. The molecule has 0 atom stereocenters. The summed E-state index contributed by atoms with van der Waals surface area (Å²) in [6.07, 6.45) is 8.16. The minimum absolute atomic E-state index is 0.395. The van der Waals surface area contributed by atoms with E-state index in [-0.39, 0.29) is 0 Å². The molecule has 0 bridgehead atoms. The number of pyridine rings is 1. The van der Waals surface area contributed by atoms with Gasteiger partial charge in [0.1, 0.15) is 11.3 Å². The molecule has 28 heavy (non-hydrogen) atoms. The summed E-state index contributed by atoms with van der Waals surface area (Å²) in [5.74, 6) is 1.05. The van der Waals surface area contributed by atoms with Gasteiger partial charge in [0, 0.05) is 34.6 Å². The Morgan fingerprint density at radius 1 is 1.00 bits per heavy atom. The number of furan rings is 1. The first-order chi connectivity index (χ1) is 13.4. The van der Waals surface area contributed by atoms with Gasteiger partial charge in [-0.2, -0.15) is 0 Å². The number of benzene rings is 1. The molecule has 0 radical (unpaired) electrons. The van der Waals surface area contributed by atoms with E-state index in [1.54, 1.807) is 0 Å². The van der Waals surface area contributed by atoms with Crippen LogP contribution < -0.4 is 5.46 Å². The van der Waals surface area contributed by atoms with Crippen LogP contribution in [0, 0.1) is 0 Å². The summed E-state index contributed by atoms with van der Waals surface area (Å²) in [6.45, 7) is 8.28. The third-order valence-electron chi connectivity index (χ3n) is 6.25. The normalized spacial score (nSPS) is 19.9. The molecule has 1 aliphatic carbocycles. The summed E-state index contributed by atoms with van der Waals surface area (Å²) >= 11 is 0. The Bertz CT molecular complexity index is 1080. The van der Waals surface area contributed by atoms with E-state index in [0.29, 0.717) is 0 Å². The van der Waals surface area contributed by atoms with Gasteiger partial charge in [0.05, 0.1) is 16.9 Å². The predicted molar refractivity (Wildman–Crippen MR) is 113 cm³/mol. The fraction of sp³-hybridized carbons (Fsp3) is 0.348. The summed E-state index contributed by atoms with van der Waals surface area (Å²) in [5, 5.41) is 1.12. The van der Waals surface area contributed by atoms with Crippen molar-refractivity contribution >= 4 is 29.6 Å². The Kier molecular flexibility index (Phi) is 3.84. The third-order valence-corrected chi connectivity index (χ3v) is 6.25. The number of nitrogens with zero attached hydrogens (tertiary/aromatic N) is 1. The fourth-order valence-corrected chi connectivity index (χ4v) is 4.00. The van der Waals surface area contributed by atoms with Crippen molar-refractivity contribution in [2.24, 2.45) is 0 Å². The Morgan fingerprint density at radius 3 is 2.57 bits per heavy atom.